The van der Waals surface area contributed by atoms with Crippen LogP contribution in [0.5, 0.6) is 0 Å². The van der Waals surface area contributed by atoms with E-state index in [0.29, 0.717) is 25.9 Å². The van der Waals surface area contributed by atoms with E-state index in [2.05, 4.69) is 19.2 Å². The van der Waals surface area contributed by atoms with E-state index in [0.717, 1.165) is 38.5 Å². The van der Waals surface area contributed by atoms with Crippen molar-refractivity contribution in [2.45, 2.75) is 495 Å². The van der Waals surface area contributed by atoms with Gasteiger partial charge in [0.1, 0.15) is 0 Å². The van der Waals surface area contributed by atoms with Crippen LogP contribution >= 0.6 is 0 Å². The van der Waals surface area contributed by atoms with Crippen LogP contribution in [-0.2, 0) is 14.3 Å². The molecular weight excluding hydrogens is 1070 g/mol. The molecule has 6 nitrogen and oxygen atoms in total. The summed E-state index contributed by atoms with van der Waals surface area (Å²) in [6.45, 7) is 5.02. The van der Waals surface area contributed by atoms with Crippen LogP contribution in [0.2, 0.25) is 0 Å². The molecule has 2 unspecified atom stereocenters. The van der Waals surface area contributed by atoms with Gasteiger partial charge in [0, 0.05) is 12.8 Å². The van der Waals surface area contributed by atoms with Gasteiger partial charge in [-0.3, -0.25) is 9.59 Å². The second-order valence-electron chi connectivity index (χ2n) is 28.5. The molecule has 0 saturated carbocycles. The van der Waals surface area contributed by atoms with Gasteiger partial charge in [0.05, 0.1) is 25.4 Å². The molecule has 87 heavy (non-hydrogen) atoms. The van der Waals surface area contributed by atoms with E-state index in [4.69, 9.17) is 4.74 Å². The van der Waals surface area contributed by atoms with Crippen LogP contribution in [-0.4, -0.2) is 47.4 Å². The number of esters is 1. The SMILES string of the molecule is CCCCCCCCCCCCCCCCCCCCCC(=O)OCCCCCCCCCCCCCCCCCCCCCCCCCCCCCCCCCCCCCC(=O)NC(CO)C(O)CCCCCCCCCCCCCCCCCC. The predicted molar refractivity (Wildman–Crippen MR) is 384 cm³/mol. The molecule has 0 saturated heterocycles. The van der Waals surface area contributed by atoms with Crippen LogP contribution in [0.25, 0.3) is 0 Å². The van der Waals surface area contributed by atoms with Crippen molar-refractivity contribution in [2.24, 2.45) is 0 Å². The number of ether oxygens (including phenoxy) is 1. The normalized spacial score (nSPS) is 12.4. The van der Waals surface area contributed by atoms with Crippen molar-refractivity contribution in [3.63, 3.8) is 0 Å². The molecule has 2 atom stereocenters. The fraction of sp³-hybridized carbons (Fsp3) is 0.975. The Hall–Kier alpha value is -1.14. The van der Waals surface area contributed by atoms with Gasteiger partial charge in [0.2, 0.25) is 5.91 Å². The molecule has 0 aliphatic heterocycles. The van der Waals surface area contributed by atoms with Crippen molar-refractivity contribution in [1.82, 2.24) is 5.32 Å². The van der Waals surface area contributed by atoms with E-state index < -0.39 is 12.1 Å². The molecule has 0 aromatic heterocycles. The number of amides is 1. The standard InChI is InChI=1S/C81H161NO5/c1-3-5-7-9-11-13-15-17-19-21-39-43-47-51-55-59-63-67-71-75-81(86)87-76-72-68-64-60-56-52-48-44-41-38-36-34-32-30-28-26-24-22-23-25-27-29-31-33-35-37-40-42-46-50-54-58-62-66-70-74-80(85)82-78(77-83)79(84)73-69-65-61-57-53-49-45-20-18-16-14-12-10-8-6-4-2/h78-79,83-84H,3-77H2,1-2H3,(H,82,85). The lowest BCUT2D eigenvalue weighted by molar-refractivity contribution is -0.143. The maximum Gasteiger partial charge on any atom is 0.305 e. The van der Waals surface area contributed by atoms with Crippen LogP contribution in [0.1, 0.15) is 483 Å². The zero-order valence-corrected chi connectivity index (χ0v) is 59.8. The number of rotatable bonds is 78. The highest BCUT2D eigenvalue weighted by Crippen LogP contribution is 2.21. The van der Waals surface area contributed by atoms with Crippen LogP contribution < -0.4 is 5.32 Å². The van der Waals surface area contributed by atoms with Crippen LogP contribution in [0.15, 0.2) is 0 Å². The summed E-state index contributed by atoms with van der Waals surface area (Å²) in [6.07, 6.45) is 96.4. The highest BCUT2D eigenvalue weighted by atomic mass is 16.5. The van der Waals surface area contributed by atoms with Gasteiger partial charge in [-0.15, -0.1) is 0 Å². The molecule has 6 heteroatoms. The number of aliphatic hydroxyl groups excluding tert-OH is 2. The van der Waals surface area contributed by atoms with Crippen molar-refractivity contribution < 1.29 is 24.5 Å². The number of hydrogen-bond donors (Lipinski definition) is 3. The summed E-state index contributed by atoms with van der Waals surface area (Å²) in [4.78, 5) is 24.7. The Morgan fingerprint density at radius 2 is 0.471 bits per heavy atom. The quantitative estimate of drug-likeness (QED) is 0.0417. The molecule has 3 N–H and O–H groups in total. The van der Waals surface area contributed by atoms with E-state index in [9.17, 15) is 19.8 Å². The molecular formula is C81H161NO5. The average Bonchev–Trinajstić information content (AvgIpc) is 3.53. The zero-order valence-electron chi connectivity index (χ0n) is 59.8. The number of carbonyl (C=O) groups excluding carboxylic acids is 2. The van der Waals surface area contributed by atoms with Gasteiger partial charge in [0.25, 0.3) is 0 Å². The molecule has 0 rings (SSSR count). The van der Waals surface area contributed by atoms with Crippen molar-refractivity contribution in [1.29, 1.82) is 0 Å². The topological polar surface area (TPSA) is 95.9 Å². The Labute approximate surface area is 547 Å². The molecule has 0 aromatic rings. The molecule has 0 radical (unpaired) electrons. The second kappa shape index (κ2) is 77.3. The highest BCUT2D eigenvalue weighted by Gasteiger charge is 2.20. The summed E-state index contributed by atoms with van der Waals surface area (Å²) in [5.74, 6) is 0.00408. The Kier molecular flexibility index (Phi) is 76.3. The molecule has 0 heterocycles. The number of carbonyl (C=O) groups is 2. The number of unbranched alkanes of at least 4 members (excludes halogenated alkanes) is 67. The first-order valence-electron chi connectivity index (χ1n) is 40.8. The van der Waals surface area contributed by atoms with E-state index in [1.54, 1.807) is 0 Å². The van der Waals surface area contributed by atoms with Crippen molar-refractivity contribution in [3.8, 4) is 0 Å². The third kappa shape index (κ3) is 73.8. The lowest BCUT2D eigenvalue weighted by atomic mass is 10.0. The maximum atomic E-state index is 12.5. The molecule has 520 valence electrons. The lowest BCUT2D eigenvalue weighted by Crippen LogP contribution is -2.45. The van der Waals surface area contributed by atoms with E-state index in [1.807, 2.05) is 0 Å². The Morgan fingerprint density at radius 3 is 0.701 bits per heavy atom. The summed E-state index contributed by atoms with van der Waals surface area (Å²) in [5, 5.41) is 23.4. The van der Waals surface area contributed by atoms with Crippen molar-refractivity contribution in [2.75, 3.05) is 13.2 Å². The minimum atomic E-state index is -0.660. The van der Waals surface area contributed by atoms with E-state index >= 15 is 0 Å². The molecule has 0 spiro atoms. The van der Waals surface area contributed by atoms with Gasteiger partial charge in [-0.25, -0.2) is 0 Å². The summed E-state index contributed by atoms with van der Waals surface area (Å²) in [6, 6.07) is -0.536. The summed E-state index contributed by atoms with van der Waals surface area (Å²) < 4.78 is 5.53. The van der Waals surface area contributed by atoms with Gasteiger partial charge in [0.15, 0.2) is 0 Å². The zero-order chi connectivity index (χ0) is 62.8. The van der Waals surface area contributed by atoms with Gasteiger partial charge in [-0.05, 0) is 25.7 Å². The van der Waals surface area contributed by atoms with Gasteiger partial charge in [-0.1, -0.05) is 444 Å². The Morgan fingerprint density at radius 1 is 0.276 bits per heavy atom. The van der Waals surface area contributed by atoms with E-state index in [-0.39, 0.29) is 18.5 Å². The molecule has 0 aliphatic rings. The third-order valence-electron chi connectivity index (χ3n) is 19.7. The molecule has 0 fully saturated rings. The number of nitrogens with one attached hydrogen (secondary N) is 1. The number of aliphatic hydroxyl groups is 2. The highest BCUT2D eigenvalue weighted by molar-refractivity contribution is 5.76. The van der Waals surface area contributed by atoms with Crippen LogP contribution in [0, 0.1) is 0 Å². The maximum absolute atomic E-state index is 12.5. The molecule has 0 aromatic carbocycles. The third-order valence-corrected chi connectivity index (χ3v) is 19.7. The smallest absolute Gasteiger partial charge is 0.305 e. The predicted octanol–water partition coefficient (Wildman–Crippen LogP) is 26.9. The fourth-order valence-electron chi connectivity index (χ4n) is 13.5. The van der Waals surface area contributed by atoms with Gasteiger partial charge in [-0.2, -0.15) is 0 Å². The minimum Gasteiger partial charge on any atom is -0.466 e. The van der Waals surface area contributed by atoms with Gasteiger partial charge >= 0.3 is 5.97 Å². The van der Waals surface area contributed by atoms with E-state index in [1.165, 1.54) is 411 Å². The first kappa shape index (κ1) is 85.9. The minimum absolute atomic E-state index is 0.0249. The fourth-order valence-corrected chi connectivity index (χ4v) is 13.5. The first-order valence-corrected chi connectivity index (χ1v) is 40.8. The second-order valence-corrected chi connectivity index (χ2v) is 28.5. The van der Waals surface area contributed by atoms with Crippen LogP contribution in [0.4, 0.5) is 0 Å². The largest absolute Gasteiger partial charge is 0.466 e. The average molecular weight is 1230 g/mol. The van der Waals surface area contributed by atoms with Gasteiger partial charge < -0.3 is 20.3 Å². The van der Waals surface area contributed by atoms with Crippen molar-refractivity contribution >= 4 is 11.9 Å². The monoisotopic (exact) mass is 1230 g/mol. The summed E-state index contributed by atoms with van der Waals surface area (Å²) >= 11 is 0. The Bertz CT molecular complexity index is 1280. The number of hydrogen-bond acceptors (Lipinski definition) is 5. The lowest BCUT2D eigenvalue weighted by Gasteiger charge is -2.22. The summed E-state index contributed by atoms with van der Waals surface area (Å²) in [7, 11) is 0. The molecule has 1 amide bonds. The molecule has 0 aliphatic carbocycles. The summed E-state index contributed by atoms with van der Waals surface area (Å²) in [5.41, 5.74) is 0. The van der Waals surface area contributed by atoms with Crippen LogP contribution in [0.3, 0.4) is 0 Å². The Balaban J connectivity index is 3.28. The first-order chi connectivity index (χ1) is 43.0. The van der Waals surface area contributed by atoms with Crippen molar-refractivity contribution in [3.05, 3.63) is 0 Å². The molecule has 0 bridgehead atoms.